The van der Waals surface area contributed by atoms with E-state index in [0.717, 1.165) is 16.5 Å². The van der Waals surface area contributed by atoms with Gasteiger partial charge in [0.1, 0.15) is 17.9 Å². The van der Waals surface area contributed by atoms with Crippen LogP contribution in [0.15, 0.2) is 50.1 Å². The Morgan fingerprint density at radius 2 is 1.96 bits per heavy atom. The molecule has 0 aliphatic carbocycles. The molecule has 0 aliphatic heterocycles. The third-order valence-electron chi connectivity index (χ3n) is 4.15. The zero-order valence-electron chi connectivity index (χ0n) is 14.7. The fourth-order valence-electron chi connectivity index (χ4n) is 2.57. The summed E-state index contributed by atoms with van der Waals surface area (Å²) in [4.78, 5) is 23.9. The lowest BCUT2D eigenvalue weighted by Gasteiger charge is -2.11. The van der Waals surface area contributed by atoms with E-state index >= 15 is 0 Å². The standard InChI is InChI=1S/C20H16BrClO5/c1-11-3-5-15-13(7-18(23)27-20(15)12(11)2)9-26-19(24)10-25-17-6-4-14(22)8-16(17)21/h3-8H,9-10H2,1-2H3. The molecule has 27 heavy (non-hydrogen) atoms. The first-order chi connectivity index (χ1) is 12.8. The molecule has 7 heteroatoms. The predicted octanol–water partition coefficient (Wildman–Crippen LogP) is 4.95. The van der Waals surface area contributed by atoms with Crippen molar-refractivity contribution in [2.45, 2.75) is 20.5 Å². The van der Waals surface area contributed by atoms with E-state index in [2.05, 4.69) is 15.9 Å². The van der Waals surface area contributed by atoms with Gasteiger partial charge in [0.05, 0.1) is 4.47 Å². The van der Waals surface area contributed by atoms with E-state index in [4.69, 9.17) is 25.5 Å². The van der Waals surface area contributed by atoms with Gasteiger partial charge in [0.2, 0.25) is 0 Å². The van der Waals surface area contributed by atoms with Crippen LogP contribution in [0.2, 0.25) is 5.02 Å². The number of hydrogen-bond acceptors (Lipinski definition) is 5. The van der Waals surface area contributed by atoms with E-state index in [1.807, 2.05) is 26.0 Å². The molecule has 5 nitrogen and oxygen atoms in total. The molecule has 0 bridgehead atoms. The number of benzene rings is 2. The van der Waals surface area contributed by atoms with E-state index in [0.29, 0.717) is 26.4 Å². The highest BCUT2D eigenvalue weighted by Gasteiger charge is 2.12. The Morgan fingerprint density at radius 1 is 1.19 bits per heavy atom. The zero-order chi connectivity index (χ0) is 19.6. The molecular weight excluding hydrogens is 436 g/mol. The van der Waals surface area contributed by atoms with Crippen molar-refractivity contribution in [3.05, 3.63) is 73.0 Å². The minimum atomic E-state index is -0.554. The maximum Gasteiger partial charge on any atom is 0.344 e. The van der Waals surface area contributed by atoms with Gasteiger partial charge in [0, 0.05) is 22.0 Å². The van der Waals surface area contributed by atoms with Gasteiger partial charge < -0.3 is 13.9 Å². The lowest BCUT2D eigenvalue weighted by atomic mass is 10.0. The topological polar surface area (TPSA) is 65.7 Å². The molecule has 0 N–H and O–H groups in total. The predicted molar refractivity (Wildman–Crippen MR) is 106 cm³/mol. The van der Waals surface area contributed by atoms with Crippen LogP contribution in [0, 0.1) is 13.8 Å². The third kappa shape index (κ3) is 4.51. The number of esters is 1. The molecule has 0 fully saturated rings. The van der Waals surface area contributed by atoms with Gasteiger partial charge >= 0.3 is 11.6 Å². The molecule has 0 saturated carbocycles. The second kappa shape index (κ2) is 8.15. The Balaban J connectivity index is 1.70. The fraction of sp³-hybridized carbons (Fsp3) is 0.200. The minimum absolute atomic E-state index is 0.0470. The molecule has 0 amide bonds. The average Bonchev–Trinajstić information content (AvgIpc) is 2.62. The number of carbonyl (C=O) groups is 1. The highest BCUT2D eigenvalue weighted by atomic mass is 79.9. The first-order valence-corrected chi connectivity index (χ1v) is 9.28. The zero-order valence-corrected chi connectivity index (χ0v) is 17.0. The Bertz CT molecular complexity index is 1070. The molecule has 0 atom stereocenters. The second-order valence-electron chi connectivity index (χ2n) is 6.00. The molecule has 0 saturated heterocycles. The van der Waals surface area contributed by atoms with Crippen LogP contribution >= 0.6 is 27.5 Å². The third-order valence-corrected chi connectivity index (χ3v) is 5.00. The normalized spacial score (nSPS) is 10.8. The molecule has 3 aromatic rings. The van der Waals surface area contributed by atoms with Crippen molar-refractivity contribution in [2.75, 3.05) is 6.61 Å². The van der Waals surface area contributed by atoms with Crippen molar-refractivity contribution in [2.24, 2.45) is 0 Å². The van der Waals surface area contributed by atoms with Crippen LogP contribution in [0.3, 0.4) is 0 Å². The molecule has 140 valence electrons. The number of fused-ring (bicyclic) bond motifs is 1. The average molecular weight is 452 g/mol. The van der Waals surface area contributed by atoms with Gasteiger partial charge in [0.25, 0.3) is 0 Å². The Kier molecular flexibility index (Phi) is 5.87. The molecular formula is C20H16BrClO5. The monoisotopic (exact) mass is 450 g/mol. The minimum Gasteiger partial charge on any atom is -0.481 e. The number of carbonyl (C=O) groups excluding carboxylic acids is 1. The van der Waals surface area contributed by atoms with Gasteiger partial charge in [-0.05, 0) is 59.1 Å². The smallest absolute Gasteiger partial charge is 0.344 e. The Morgan fingerprint density at radius 3 is 2.70 bits per heavy atom. The number of rotatable bonds is 5. The first kappa shape index (κ1) is 19.5. The van der Waals surface area contributed by atoms with Crippen molar-refractivity contribution < 1.29 is 18.7 Å². The molecule has 0 spiro atoms. The molecule has 1 heterocycles. The van der Waals surface area contributed by atoms with Crippen LogP contribution in [0.25, 0.3) is 11.0 Å². The first-order valence-electron chi connectivity index (χ1n) is 8.11. The summed E-state index contributed by atoms with van der Waals surface area (Å²) in [5.41, 5.74) is 2.51. The second-order valence-corrected chi connectivity index (χ2v) is 7.29. The Labute approximate surface area is 169 Å². The van der Waals surface area contributed by atoms with Crippen molar-refractivity contribution in [1.29, 1.82) is 0 Å². The van der Waals surface area contributed by atoms with Crippen molar-refractivity contribution in [3.63, 3.8) is 0 Å². The summed E-state index contributed by atoms with van der Waals surface area (Å²) in [5.74, 6) is -0.0738. The summed E-state index contributed by atoms with van der Waals surface area (Å²) in [6.07, 6.45) is 0. The van der Waals surface area contributed by atoms with Gasteiger partial charge in [-0.1, -0.05) is 23.7 Å². The molecule has 0 aliphatic rings. The van der Waals surface area contributed by atoms with Crippen molar-refractivity contribution >= 4 is 44.5 Å². The van der Waals surface area contributed by atoms with Gasteiger partial charge in [-0.25, -0.2) is 9.59 Å². The van der Waals surface area contributed by atoms with E-state index in [1.54, 1.807) is 18.2 Å². The number of halogens is 2. The summed E-state index contributed by atoms with van der Waals surface area (Å²) in [5, 5.41) is 1.30. The van der Waals surface area contributed by atoms with Crippen LogP contribution in [0.4, 0.5) is 0 Å². The van der Waals surface area contributed by atoms with Gasteiger partial charge in [0.15, 0.2) is 6.61 Å². The van der Waals surface area contributed by atoms with Crippen LogP contribution < -0.4 is 10.4 Å². The SMILES string of the molecule is Cc1ccc2c(COC(=O)COc3ccc(Cl)cc3Br)cc(=O)oc2c1C. The number of ether oxygens (including phenoxy) is 2. The fourth-order valence-corrected chi connectivity index (χ4v) is 3.37. The molecule has 3 rings (SSSR count). The maximum absolute atomic E-state index is 12.0. The Hall–Kier alpha value is -2.31. The maximum atomic E-state index is 12.0. The van der Waals surface area contributed by atoms with Gasteiger partial charge in [-0.15, -0.1) is 0 Å². The van der Waals surface area contributed by atoms with Crippen LogP contribution in [0.5, 0.6) is 5.75 Å². The van der Waals surface area contributed by atoms with Crippen LogP contribution in [-0.4, -0.2) is 12.6 Å². The van der Waals surface area contributed by atoms with Gasteiger partial charge in [-0.3, -0.25) is 0 Å². The van der Waals surface area contributed by atoms with E-state index in [9.17, 15) is 9.59 Å². The lowest BCUT2D eigenvalue weighted by Crippen LogP contribution is -2.15. The quantitative estimate of drug-likeness (QED) is 0.406. The lowest BCUT2D eigenvalue weighted by molar-refractivity contribution is -0.147. The molecule has 2 aromatic carbocycles. The molecule has 0 unspecified atom stereocenters. The van der Waals surface area contributed by atoms with Crippen molar-refractivity contribution in [3.8, 4) is 5.75 Å². The molecule has 1 aromatic heterocycles. The van der Waals surface area contributed by atoms with Crippen molar-refractivity contribution in [1.82, 2.24) is 0 Å². The highest BCUT2D eigenvalue weighted by molar-refractivity contribution is 9.10. The van der Waals surface area contributed by atoms with Crippen LogP contribution in [-0.2, 0) is 16.1 Å². The summed E-state index contributed by atoms with van der Waals surface area (Å²) in [6.45, 7) is 3.51. The van der Waals surface area contributed by atoms with E-state index < -0.39 is 11.6 Å². The highest BCUT2D eigenvalue weighted by Crippen LogP contribution is 2.28. The summed E-state index contributed by atoms with van der Waals surface area (Å²) in [7, 11) is 0. The largest absolute Gasteiger partial charge is 0.481 e. The van der Waals surface area contributed by atoms with E-state index in [-0.39, 0.29) is 13.2 Å². The van der Waals surface area contributed by atoms with Crippen LogP contribution in [0.1, 0.15) is 16.7 Å². The van der Waals surface area contributed by atoms with Gasteiger partial charge in [-0.2, -0.15) is 0 Å². The number of aryl methyl sites for hydroxylation is 2. The molecule has 0 radical (unpaired) electrons. The summed E-state index contributed by atoms with van der Waals surface area (Å²) in [6, 6.07) is 10.1. The summed E-state index contributed by atoms with van der Waals surface area (Å²) < 4.78 is 16.6. The van der Waals surface area contributed by atoms with E-state index in [1.165, 1.54) is 6.07 Å². The number of hydrogen-bond donors (Lipinski definition) is 0. The summed E-state index contributed by atoms with van der Waals surface area (Å²) >= 11 is 9.18.